The van der Waals surface area contributed by atoms with Crippen LogP contribution in [-0.4, -0.2) is 85.9 Å². The van der Waals surface area contributed by atoms with Crippen LogP contribution in [0.5, 0.6) is 5.88 Å². The number of halogens is 4. The van der Waals surface area contributed by atoms with Crippen molar-refractivity contribution in [1.82, 2.24) is 34.5 Å². The van der Waals surface area contributed by atoms with E-state index in [9.17, 15) is 22.4 Å². The zero-order valence-electron chi connectivity index (χ0n) is 20.0. The molecule has 37 heavy (non-hydrogen) atoms. The molecule has 0 saturated carbocycles. The second-order valence-corrected chi connectivity index (χ2v) is 8.85. The molecule has 1 aliphatic heterocycles. The van der Waals surface area contributed by atoms with E-state index in [2.05, 4.69) is 25.7 Å². The Bertz CT molecular complexity index is 1450. The van der Waals surface area contributed by atoms with Gasteiger partial charge in [-0.25, -0.2) is 26.8 Å². The van der Waals surface area contributed by atoms with Gasteiger partial charge in [-0.1, -0.05) is 11.3 Å². The lowest BCUT2D eigenvalue weighted by molar-refractivity contribution is -0.140. The number of amides is 1. The molecule has 4 heterocycles. The van der Waals surface area contributed by atoms with Gasteiger partial charge in [0.15, 0.2) is 0 Å². The average molecular weight is 520 g/mol. The summed E-state index contributed by atoms with van der Waals surface area (Å²) in [5.41, 5.74) is 2.72. The van der Waals surface area contributed by atoms with Crippen LogP contribution in [0.25, 0.3) is 27.7 Å². The zero-order valence-corrected chi connectivity index (χ0v) is 20.0. The van der Waals surface area contributed by atoms with Crippen LogP contribution in [0.1, 0.15) is 19.4 Å². The lowest BCUT2D eigenvalue weighted by Gasteiger charge is -2.38. The molecule has 0 aliphatic carbocycles. The van der Waals surface area contributed by atoms with Crippen molar-refractivity contribution in [2.45, 2.75) is 31.4 Å². The Labute approximate surface area is 208 Å². The van der Waals surface area contributed by atoms with Gasteiger partial charge in [0.1, 0.15) is 30.4 Å². The van der Waals surface area contributed by atoms with Gasteiger partial charge in [-0.05, 0) is 30.2 Å². The third-order valence-corrected chi connectivity index (χ3v) is 6.50. The number of fused-ring (bicyclic) bond motifs is 2. The summed E-state index contributed by atoms with van der Waals surface area (Å²) in [6.45, 7) is -1.10. The number of hydrogen-bond acceptors (Lipinski definition) is 7. The van der Waals surface area contributed by atoms with Crippen LogP contribution >= 0.6 is 0 Å². The van der Waals surface area contributed by atoms with Gasteiger partial charge in [0, 0.05) is 25.2 Å². The lowest BCUT2D eigenvalue weighted by Crippen LogP contribution is -2.55. The molecule has 1 amide bonds. The van der Waals surface area contributed by atoms with Gasteiger partial charge in [-0.3, -0.25) is 4.79 Å². The average Bonchev–Trinajstić information content (AvgIpc) is 3.49. The second kappa shape index (κ2) is 9.48. The van der Waals surface area contributed by atoms with Gasteiger partial charge in [0.2, 0.25) is 17.7 Å². The molecule has 5 rings (SSSR count). The Morgan fingerprint density at radius 1 is 1.27 bits per heavy atom. The molecule has 0 radical (unpaired) electrons. The Kier molecular flexibility index (Phi) is 6.33. The predicted molar refractivity (Wildman–Crippen MR) is 126 cm³/mol. The van der Waals surface area contributed by atoms with Crippen molar-refractivity contribution in [2.24, 2.45) is 0 Å². The van der Waals surface area contributed by atoms with E-state index in [-0.39, 0.29) is 24.8 Å². The summed E-state index contributed by atoms with van der Waals surface area (Å²) in [6.07, 6.45) is 1.65. The van der Waals surface area contributed by atoms with Crippen molar-refractivity contribution in [1.29, 1.82) is 0 Å². The third kappa shape index (κ3) is 4.40. The maximum absolute atomic E-state index is 14.7. The van der Waals surface area contributed by atoms with Crippen LogP contribution in [0.3, 0.4) is 0 Å². The van der Waals surface area contributed by atoms with E-state index in [0.29, 0.717) is 27.7 Å². The number of carbonyl (C=O) groups is 1. The Morgan fingerprint density at radius 2 is 2.05 bits per heavy atom. The van der Waals surface area contributed by atoms with E-state index in [4.69, 9.17) is 4.74 Å². The van der Waals surface area contributed by atoms with Crippen molar-refractivity contribution in [3.63, 3.8) is 0 Å². The Morgan fingerprint density at radius 3 is 2.73 bits per heavy atom. The highest BCUT2D eigenvalue weighted by molar-refractivity contribution is 5.89. The van der Waals surface area contributed by atoms with Crippen molar-refractivity contribution < 1.29 is 27.1 Å². The number of ether oxygens (including phenoxy) is 1. The van der Waals surface area contributed by atoms with Gasteiger partial charge in [0.25, 0.3) is 5.92 Å². The summed E-state index contributed by atoms with van der Waals surface area (Å²) < 4.78 is 64.2. The molecule has 1 atom stereocenters. The smallest absolute Gasteiger partial charge is 0.285 e. The fraction of sp³-hybridized carbons (Fsp3) is 0.435. The van der Waals surface area contributed by atoms with Crippen molar-refractivity contribution in [3.8, 4) is 17.0 Å². The molecule has 3 aromatic heterocycles. The van der Waals surface area contributed by atoms with Gasteiger partial charge in [-0.2, -0.15) is 4.98 Å². The number of likely N-dealkylation sites (tertiary alicyclic amines) is 1. The predicted octanol–water partition coefficient (Wildman–Crippen LogP) is 3.30. The molecule has 196 valence electrons. The first kappa shape index (κ1) is 24.7. The standard InChI is InChI=1S/C23H24F4N8O2/c1-13(36)33-7-6-19(23(26,27)12-33)28-22-29-21(37-2)20-16(5-8-34(20)31-22)14-3-4-17-18(9-14)35(32-30-17)15(10-24)11-25/h3-5,8-9,15,19H,6-7,10-12H2,1-2H3,(H,28,31)/t19-/m1/s1. The lowest BCUT2D eigenvalue weighted by atomic mass is 10.0. The van der Waals surface area contributed by atoms with Crippen LogP contribution < -0.4 is 10.1 Å². The highest BCUT2D eigenvalue weighted by atomic mass is 19.3. The van der Waals surface area contributed by atoms with E-state index in [1.165, 1.54) is 23.2 Å². The van der Waals surface area contributed by atoms with Crippen LogP contribution in [0.2, 0.25) is 0 Å². The maximum Gasteiger partial charge on any atom is 0.285 e. The van der Waals surface area contributed by atoms with Gasteiger partial charge in [0.05, 0.1) is 25.2 Å². The number of rotatable bonds is 7. The summed E-state index contributed by atoms with van der Waals surface area (Å²) in [5.74, 6) is -3.50. The summed E-state index contributed by atoms with van der Waals surface area (Å²) in [6, 6.07) is 4.55. The minimum Gasteiger partial charge on any atom is -0.479 e. The first-order valence-electron chi connectivity index (χ1n) is 11.6. The normalized spacial score (nSPS) is 17.6. The molecule has 1 aromatic carbocycles. The zero-order chi connectivity index (χ0) is 26.3. The monoisotopic (exact) mass is 520 g/mol. The number of carbonyl (C=O) groups excluding carboxylic acids is 1. The van der Waals surface area contributed by atoms with Crippen LogP contribution in [0.4, 0.5) is 23.5 Å². The Hall–Kier alpha value is -3.97. The van der Waals surface area contributed by atoms with Crippen molar-refractivity contribution >= 4 is 28.4 Å². The molecule has 4 aromatic rings. The number of piperidine rings is 1. The summed E-state index contributed by atoms with van der Waals surface area (Å²) >= 11 is 0. The molecular weight excluding hydrogens is 496 g/mol. The van der Waals surface area contributed by atoms with E-state index >= 15 is 0 Å². The number of benzene rings is 1. The number of alkyl halides is 4. The number of methoxy groups -OCH3 is 1. The number of nitrogens with zero attached hydrogens (tertiary/aromatic N) is 7. The van der Waals surface area contributed by atoms with Crippen molar-refractivity contribution in [2.75, 3.05) is 38.9 Å². The maximum atomic E-state index is 14.7. The molecule has 14 heteroatoms. The number of aromatic nitrogens is 6. The molecule has 1 fully saturated rings. The Balaban J connectivity index is 1.49. The summed E-state index contributed by atoms with van der Waals surface area (Å²) in [5, 5.41) is 14.9. The molecule has 10 nitrogen and oxygen atoms in total. The van der Waals surface area contributed by atoms with E-state index < -0.39 is 43.8 Å². The highest BCUT2D eigenvalue weighted by Crippen LogP contribution is 2.34. The third-order valence-electron chi connectivity index (χ3n) is 6.50. The molecule has 0 unspecified atom stereocenters. The molecule has 1 aliphatic rings. The van der Waals surface area contributed by atoms with Crippen LogP contribution in [-0.2, 0) is 4.79 Å². The minimum atomic E-state index is -3.18. The fourth-order valence-corrected chi connectivity index (χ4v) is 4.52. The second-order valence-electron chi connectivity index (χ2n) is 8.85. The summed E-state index contributed by atoms with van der Waals surface area (Å²) in [4.78, 5) is 16.9. The molecular formula is C23H24F4N8O2. The first-order chi connectivity index (χ1) is 17.7. The van der Waals surface area contributed by atoms with Gasteiger partial charge < -0.3 is 15.0 Å². The topological polar surface area (TPSA) is 102 Å². The SMILES string of the molecule is COc1nc(N[C@@H]2CCN(C(C)=O)CC2(F)F)nn2ccc(-c3ccc4nnn(C(CF)CF)c4c3)c12. The first-order valence-corrected chi connectivity index (χ1v) is 11.6. The molecule has 1 saturated heterocycles. The number of hydrogen-bond donors (Lipinski definition) is 1. The quantitative estimate of drug-likeness (QED) is 0.373. The van der Waals surface area contributed by atoms with E-state index in [1.807, 2.05) is 0 Å². The van der Waals surface area contributed by atoms with E-state index in [1.54, 1.807) is 30.5 Å². The summed E-state index contributed by atoms with van der Waals surface area (Å²) in [7, 11) is 1.40. The van der Waals surface area contributed by atoms with Gasteiger partial charge >= 0.3 is 0 Å². The largest absolute Gasteiger partial charge is 0.479 e. The minimum absolute atomic E-state index is 0.0215. The molecule has 0 bridgehead atoms. The van der Waals surface area contributed by atoms with Crippen LogP contribution in [0, 0.1) is 0 Å². The molecule has 1 N–H and O–H groups in total. The van der Waals surface area contributed by atoms with E-state index in [0.717, 1.165) is 4.90 Å². The number of anilines is 1. The number of nitrogens with one attached hydrogen (secondary N) is 1. The highest BCUT2D eigenvalue weighted by Gasteiger charge is 2.45. The van der Waals surface area contributed by atoms with Crippen molar-refractivity contribution in [3.05, 3.63) is 30.5 Å². The van der Waals surface area contributed by atoms with Gasteiger partial charge in [-0.15, -0.1) is 10.2 Å². The van der Waals surface area contributed by atoms with Crippen LogP contribution in [0.15, 0.2) is 30.5 Å². The fourth-order valence-electron chi connectivity index (χ4n) is 4.52. The molecule has 0 spiro atoms.